The fraction of sp³-hybridized carbons (Fsp3) is 0.227. The average molecular weight is 536 g/mol. The highest BCUT2D eigenvalue weighted by atomic mass is 32.1. The summed E-state index contributed by atoms with van der Waals surface area (Å²) in [6, 6.07) is 12.6. The van der Waals surface area contributed by atoms with E-state index in [9.17, 15) is 35.7 Å². The number of amides is 1. The SMILES string of the molecule is CP(=O)(OCC(F)(F)F)C(c1ccc(C(=O)Nc2cc(-c3cccs3)ccc2N)cc1)C(F)(F)F. The molecule has 0 bridgehead atoms. The van der Waals surface area contributed by atoms with Crippen molar-refractivity contribution in [3.05, 3.63) is 71.1 Å². The summed E-state index contributed by atoms with van der Waals surface area (Å²) in [6.07, 6.45) is -10.1. The van der Waals surface area contributed by atoms with Gasteiger partial charge in [-0.1, -0.05) is 24.3 Å². The first kappa shape index (κ1) is 26.8. The first-order valence-corrected chi connectivity index (χ1v) is 12.9. The van der Waals surface area contributed by atoms with Crippen LogP contribution in [0.3, 0.4) is 0 Å². The molecule has 0 spiro atoms. The summed E-state index contributed by atoms with van der Waals surface area (Å²) in [5.41, 5.74) is 3.84. The lowest BCUT2D eigenvalue weighted by atomic mass is 10.1. The quantitative estimate of drug-likeness (QED) is 0.188. The van der Waals surface area contributed by atoms with Gasteiger partial charge in [0.05, 0.1) is 11.4 Å². The number of nitrogen functional groups attached to an aromatic ring is 1. The third-order valence-electron chi connectivity index (χ3n) is 4.86. The van der Waals surface area contributed by atoms with Gasteiger partial charge in [0, 0.05) is 17.1 Å². The lowest BCUT2D eigenvalue weighted by molar-refractivity contribution is -0.158. The van der Waals surface area contributed by atoms with Gasteiger partial charge in [-0.3, -0.25) is 9.36 Å². The van der Waals surface area contributed by atoms with Crippen LogP contribution in [0.15, 0.2) is 60.0 Å². The molecule has 0 aliphatic rings. The molecule has 35 heavy (non-hydrogen) atoms. The molecule has 2 aromatic carbocycles. The molecule has 2 atom stereocenters. The van der Waals surface area contributed by atoms with E-state index in [2.05, 4.69) is 9.84 Å². The van der Waals surface area contributed by atoms with Crippen LogP contribution in [0.5, 0.6) is 0 Å². The van der Waals surface area contributed by atoms with Crippen LogP contribution in [0.1, 0.15) is 21.6 Å². The maximum Gasteiger partial charge on any atom is 0.412 e. The molecule has 2 unspecified atom stereocenters. The highest BCUT2D eigenvalue weighted by Gasteiger charge is 2.52. The highest BCUT2D eigenvalue weighted by Crippen LogP contribution is 2.63. The Morgan fingerprint density at radius 1 is 1.09 bits per heavy atom. The standard InChI is InChI=1S/C22H19F6N2O3PS/c1-34(32,33-12-21(23,24)25)19(22(26,27)28)13-4-6-14(7-5-13)20(31)30-17-11-15(8-9-16(17)29)18-3-2-10-35-18/h2-11,19H,12,29H2,1H3,(H,30,31). The molecule has 5 nitrogen and oxygen atoms in total. The van der Waals surface area contributed by atoms with E-state index in [-0.39, 0.29) is 16.9 Å². The molecule has 3 rings (SSSR count). The minimum Gasteiger partial charge on any atom is -0.397 e. The largest absolute Gasteiger partial charge is 0.412 e. The summed E-state index contributed by atoms with van der Waals surface area (Å²) in [7, 11) is -4.83. The number of alkyl halides is 6. The Morgan fingerprint density at radius 3 is 2.29 bits per heavy atom. The number of carbonyl (C=O) groups excluding carboxylic acids is 1. The van der Waals surface area contributed by atoms with E-state index in [4.69, 9.17) is 5.73 Å². The van der Waals surface area contributed by atoms with Gasteiger partial charge >= 0.3 is 12.4 Å². The number of thiophene rings is 1. The molecular formula is C22H19F6N2O3PS. The molecule has 1 heterocycles. The molecule has 0 saturated carbocycles. The number of hydrogen-bond acceptors (Lipinski definition) is 5. The number of anilines is 2. The van der Waals surface area contributed by atoms with E-state index in [0.29, 0.717) is 6.66 Å². The zero-order chi connectivity index (χ0) is 26.0. The summed E-state index contributed by atoms with van der Waals surface area (Å²) in [4.78, 5) is 13.6. The molecule has 0 fully saturated rings. The average Bonchev–Trinajstić information content (AvgIpc) is 3.28. The molecule has 1 amide bonds. The topological polar surface area (TPSA) is 81.4 Å². The third kappa shape index (κ3) is 6.87. The number of rotatable bonds is 7. The Balaban J connectivity index is 1.82. The first-order valence-electron chi connectivity index (χ1n) is 9.87. The van der Waals surface area contributed by atoms with Crippen LogP contribution >= 0.6 is 18.7 Å². The van der Waals surface area contributed by atoms with Crippen molar-refractivity contribution in [3.8, 4) is 10.4 Å². The predicted molar refractivity (Wildman–Crippen MR) is 123 cm³/mol. The monoisotopic (exact) mass is 536 g/mol. The van der Waals surface area contributed by atoms with Gasteiger partial charge in [-0.25, -0.2) is 0 Å². The van der Waals surface area contributed by atoms with Gasteiger partial charge in [-0.2, -0.15) is 26.3 Å². The Kier molecular flexibility index (Phi) is 7.68. The highest BCUT2D eigenvalue weighted by molar-refractivity contribution is 7.58. The Labute approximate surface area is 200 Å². The van der Waals surface area contributed by atoms with Crippen LogP contribution in [-0.2, 0) is 9.09 Å². The molecule has 3 N–H and O–H groups in total. The minimum absolute atomic E-state index is 0.0438. The molecule has 0 aliphatic carbocycles. The maximum absolute atomic E-state index is 13.6. The second-order valence-corrected chi connectivity index (χ2v) is 11.1. The Hall–Kier alpha value is -2.82. The minimum atomic E-state index is -5.16. The van der Waals surface area contributed by atoms with Crippen molar-refractivity contribution in [1.29, 1.82) is 0 Å². The zero-order valence-corrected chi connectivity index (χ0v) is 19.7. The van der Waals surface area contributed by atoms with Crippen LogP contribution in [0.2, 0.25) is 0 Å². The van der Waals surface area contributed by atoms with Crippen molar-refractivity contribution in [1.82, 2.24) is 0 Å². The van der Waals surface area contributed by atoms with Gasteiger partial charge < -0.3 is 15.6 Å². The summed E-state index contributed by atoms with van der Waals surface area (Å²) in [5, 5.41) is 4.47. The van der Waals surface area contributed by atoms with Gasteiger partial charge in [0.25, 0.3) is 5.91 Å². The number of hydrogen-bond donors (Lipinski definition) is 2. The first-order chi connectivity index (χ1) is 16.2. The van der Waals surface area contributed by atoms with E-state index >= 15 is 0 Å². The van der Waals surface area contributed by atoms with Crippen molar-refractivity contribution < 1.29 is 40.2 Å². The van der Waals surface area contributed by atoms with Crippen molar-refractivity contribution >= 4 is 36.0 Å². The number of nitrogens with two attached hydrogens (primary N) is 1. The van der Waals surface area contributed by atoms with Crippen LogP contribution in [0.25, 0.3) is 10.4 Å². The van der Waals surface area contributed by atoms with E-state index in [1.165, 1.54) is 11.3 Å². The van der Waals surface area contributed by atoms with Crippen LogP contribution < -0.4 is 11.1 Å². The van der Waals surface area contributed by atoms with E-state index in [0.717, 1.165) is 34.7 Å². The number of carbonyl (C=O) groups is 1. The zero-order valence-electron chi connectivity index (χ0n) is 18.0. The molecule has 0 aliphatic heterocycles. The lowest BCUT2D eigenvalue weighted by Gasteiger charge is -2.27. The molecule has 0 radical (unpaired) electrons. The maximum atomic E-state index is 13.6. The second-order valence-electron chi connectivity index (χ2n) is 7.60. The summed E-state index contributed by atoms with van der Waals surface area (Å²) in [6.45, 7) is -1.58. The van der Waals surface area contributed by atoms with Crippen molar-refractivity contribution in [2.24, 2.45) is 0 Å². The number of halogens is 6. The van der Waals surface area contributed by atoms with Crippen molar-refractivity contribution in [2.45, 2.75) is 18.0 Å². The third-order valence-corrected chi connectivity index (χ3v) is 7.95. The fourth-order valence-corrected chi connectivity index (χ4v) is 5.79. The van der Waals surface area contributed by atoms with E-state index < -0.39 is 43.5 Å². The van der Waals surface area contributed by atoms with Gasteiger partial charge in [0.2, 0.25) is 7.37 Å². The normalized spacial score (nSPS) is 14.8. The molecular weight excluding hydrogens is 517 g/mol. The van der Waals surface area contributed by atoms with Gasteiger partial charge in [-0.05, 0) is 46.8 Å². The smallest absolute Gasteiger partial charge is 0.397 e. The van der Waals surface area contributed by atoms with Gasteiger partial charge in [-0.15, -0.1) is 11.3 Å². The summed E-state index contributed by atoms with van der Waals surface area (Å²) in [5.74, 6) is -0.678. The molecule has 188 valence electrons. The number of nitrogens with one attached hydrogen (secondary N) is 1. The lowest BCUT2D eigenvalue weighted by Crippen LogP contribution is -2.24. The van der Waals surface area contributed by atoms with E-state index in [1.54, 1.807) is 18.2 Å². The van der Waals surface area contributed by atoms with Gasteiger partial charge in [0.15, 0.2) is 5.66 Å². The van der Waals surface area contributed by atoms with Crippen molar-refractivity contribution in [2.75, 3.05) is 24.3 Å². The number of benzene rings is 2. The molecule has 13 heteroatoms. The summed E-state index contributed by atoms with van der Waals surface area (Å²) >= 11 is 1.48. The van der Waals surface area contributed by atoms with Crippen LogP contribution in [-0.4, -0.2) is 31.5 Å². The Morgan fingerprint density at radius 2 is 1.74 bits per heavy atom. The molecule has 0 saturated heterocycles. The fourth-order valence-electron chi connectivity index (χ4n) is 3.27. The van der Waals surface area contributed by atoms with E-state index in [1.807, 2.05) is 17.5 Å². The van der Waals surface area contributed by atoms with Crippen molar-refractivity contribution in [3.63, 3.8) is 0 Å². The Bertz CT molecular complexity index is 1230. The summed E-state index contributed by atoms with van der Waals surface area (Å²) < 4.78 is 94.9. The molecule has 1 aromatic heterocycles. The molecule has 3 aromatic rings. The van der Waals surface area contributed by atoms with Crippen LogP contribution in [0.4, 0.5) is 37.7 Å². The van der Waals surface area contributed by atoms with Crippen LogP contribution in [0, 0.1) is 0 Å². The van der Waals surface area contributed by atoms with Gasteiger partial charge in [0.1, 0.15) is 6.61 Å². The predicted octanol–water partition coefficient (Wildman–Crippen LogP) is 7.34. The second kappa shape index (κ2) is 10.0.